The van der Waals surface area contributed by atoms with Gasteiger partial charge in [-0.25, -0.2) is 0 Å². The zero-order valence-corrected chi connectivity index (χ0v) is 18.6. The van der Waals surface area contributed by atoms with Crippen LogP contribution in [0, 0.1) is 6.92 Å². The van der Waals surface area contributed by atoms with E-state index in [-0.39, 0.29) is 5.41 Å². The maximum Gasteiger partial charge on any atom is 0.0880 e. The number of rotatable bonds is 1. The van der Waals surface area contributed by atoms with E-state index in [1.807, 2.05) is 12.3 Å². The maximum absolute atomic E-state index is 6.40. The van der Waals surface area contributed by atoms with Gasteiger partial charge >= 0.3 is 0 Å². The van der Waals surface area contributed by atoms with Crippen LogP contribution in [0.3, 0.4) is 0 Å². The third kappa shape index (κ3) is 2.94. The minimum atomic E-state index is 0.0494. The van der Waals surface area contributed by atoms with Crippen molar-refractivity contribution in [3.05, 3.63) is 76.9 Å². The quantitative estimate of drug-likeness (QED) is 0.267. The fourth-order valence-corrected chi connectivity index (χ4v) is 5.67. The van der Waals surface area contributed by atoms with Crippen LogP contribution in [0.2, 0.25) is 5.02 Å². The van der Waals surface area contributed by atoms with Crippen molar-refractivity contribution < 1.29 is 0 Å². The van der Waals surface area contributed by atoms with Crippen molar-refractivity contribution in [3.63, 3.8) is 0 Å². The van der Waals surface area contributed by atoms with Gasteiger partial charge in [-0.05, 0) is 58.5 Å². The Bertz CT molecular complexity index is 1410. The molecule has 1 nitrogen and oxygen atoms in total. The molecule has 29 heavy (non-hydrogen) atoms. The van der Waals surface area contributed by atoms with Crippen LogP contribution in [-0.2, 0) is 5.41 Å². The number of halogens is 1. The average molecular weight is 416 g/mol. The van der Waals surface area contributed by atoms with Gasteiger partial charge in [0.1, 0.15) is 0 Å². The van der Waals surface area contributed by atoms with Crippen LogP contribution in [0.1, 0.15) is 31.9 Å². The number of hydrogen-bond acceptors (Lipinski definition) is 2. The fraction of sp³-hybridized carbons (Fsp3) is 0.192. The molecule has 0 aliphatic rings. The van der Waals surface area contributed by atoms with E-state index < -0.39 is 0 Å². The average Bonchev–Trinajstić information content (AvgIpc) is 3.08. The largest absolute Gasteiger partial charge is 0.255 e. The molecule has 0 unspecified atom stereocenters. The summed E-state index contributed by atoms with van der Waals surface area (Å²) in [6, 6.07) is 19.5. The Balaban J connectivity index is 1.87. The van der Waals surface area contributed by atoms with Gasteiger partial charge < -0.3 is 0 Å². The third-order valence-corrected chi connectivity index (χ3v) is 7.44. The Morgan fingerprint density at radius 1 is 0.862 bits per heavy atom. The van der Waals surface area contributed by atoms with Crippen LogP contribution < -0.4 is 0 Å². The lowest BCUT2D eigenvalue weighted by Gasteiger charge is -2.22. The number of pyridine rings is 1. The lowest BCUT2D eigenvalue weighted by molar-refractivity contribution is 0.596. The molecule has 3 heteroatoms. The monoisotopic (exact) mass is 415 g/mol. The van der Waals surface area contributed by atoms with Crippen LogP contribution in [0.4, 0.5) is 0 Å². The van der Waals surface area contributed by atoms with Gasteiger partial charge in [0.25, 0.3) is 0 Å². The van der Waals surface area contributed by atoms with Crippen LogP contribution in [0.5, 0.6) is 0 Å². The third-order valence-electron chi connectivity index (χ3n) is 5.68. The second-order valence-corrected chi connectivity index (χ2v) is 10.1. The summed E-state index contributed by atoms with van der Waals surface area (Å²) < 4.78 is 2.47. The highest BCUT2D eigenvalue weighted by Gasteiger charge is 2.20. The first kappa shape index (κ1) is 18.6. The molecule has 2 heterocycles. The summed E-state index contributed by atoms with van der Waals surface area (Å²) in [6.45, 7) is 8.92. The van der Waals surface area contributed by atoms with E-state index in [1.54, 1.807) is 11.3 Å². The first-order valence-electron chi connectivity index (χ1n) is 9.84. The molecule has 0 N–H and O–H groups in total. The highest BCUT2D eigenvalue weighted by molar-refractivity contribution is 7.26. The van der Waals surface area contributed by atoms with Gasteiger partial charge in [0, 0.05) is 32.3 Å². The minimum Gasteiger partial charge on any atom is -0.255 e. The molecule has 2 aromatic heterocycles. The van der Waals surface area contributed by atoms with Crippen molar-refractivity contribution >= 4 is 53.9 Å². The first-order valence-corrected chi connectivity index (χ1v) is 11.0. The van der Waals surface area contributed by atoms with Crippen molar-refractivity contribution in [2.75, 3.05) is 0 Å². The Labute approximate surface area is 180 Å². The summed E-state index contributed by atoms with van der Waals surface area (Å²) in [5, 5.41) is 5.90. The second-order valence-electron chi connectivity index (χ2n) is 8.68. The summed E-state index contributed by atoms with van der Waals surface area (Å²) in [6.07, 6.45) is 1.93. The van der Waals surface area contributed by atoms with Gasteiger partial charge in [0.2, 0.25) is 0 Å². The lowest BCUT2D eigenvalue weighted by atomic mass is 9.82. The highest BCUT2D eigenvalue weighted by atomic mass is 35.5. The predicted octanol–water partition coefficient (Wildman–Crippen LogP) is 8.53. The first-order chi connectivity index (χ1) is 13.8. The van der Waals surface area contributed by atoms with Gasteiger partial charge in [-0.1, -0.05) is 62.7 Å². The topological polar surface area (TPSA) is 12.9 Å². The van der Waals surface area contributed by atoms with Crippen molar-refractivity contribution in [1.82, 2.24) is 4.98 Å². The number of thiophene rings is 1. The molecule has 0 spiro atoms. The Kier molecular flexibility index (Phi) is 4.20. The lowest BCUT2D eigenvalue weighted by Crippen LogP contribution is -2.12. The standard InChI is InChI=1S/C26H22ClNS/c1-15-22(27)10-9-19-20-11-12-28-23(25(20)29-24(15)19)17-13-16-7-5-6-8-18(16)21(14-17)26(2,3)4/h5-14H,1-4H3. The second kappa shape index (κ2) is 6.55. The zero-order valence-electron chi connectivity index (χ0n) is 17.0. The van der Waals surface area contributed by atoms with E-state index in [0.29, 0.717) is 0 Å². The molecule has 0 saturated heterocycles. The van der Waals surface area contributed by atoms with Crippen molar-refractivity contribution in [2.24, 2.45) is 0 Å². The molecular weight excluding hydrogens is 394 g/mol. The molecule has 0 aliphatic carbocycles. The fourth-order valence-electron chi connectivity index (χ4n) is 4.15. The van der Waals surface area contributed by atoms with E-state index in [0.717, 1.165) is 16.3 Å². The molecule has 0 fully saturated rings. The minimum absolute atomic E-state index is 0.0494. The van der Waals surface area contributed by atoms with E-state index in [1.165, 1.54) is 42.1 Å². The van der Waals surface area contributed by atoms with Gasteiger partial charge in [0.05, 0.1) is 10.4 Å². The van der Waals surface area contributed by atoms with Crippen molar-refractivity contribution in [1.29, 1.82) is 0 Å². The molecule has 0 bridgehead atoms. The van der Waals surface area contributed by atoms with Gasteiger partial charge in [-0.15, -0.1) is 11.3 Å². The van der Waals surface area contributed by atoms with E-state index in [9.17, 15) is 0 Å². The predicted molar refractivity (Wildman–Crippen MR) is 129 cm³/mol. The van der Waals surface area contributed by atoms with Crippen LogP contribution in [-0.4, -0.2) is 4.98 Å². The number of hydrogen-bond donors (Lipinski definition) is 0. The number of fused-ring (bicyclic) bond motifs is 4. The van der Waals surface area contributed by atoms with Crippen molar-refractivity contribution in [3.8, 4) is 11.3 Å². The van der Waals surface area contributed by atoms with Gasteiger partial charge in [-0.3, -0.25) is 4.98 Å². The molecule has 0 radical (unpaired) electrons. The van der Waals surface area contributed by atoms with Crippen LogP contribution >= 0.6 is 22.9 Å². The molecule has 5 aromatic rings. The highest BCUT2D eigenvalue weighted by Crippen LogP contribution is 2.43. The molecule has 5 rings (SSSR count). The molecular formula is C26H22ClNS. The van der Waals surface area contributed by atoms with Gasteiger partial charge in [0.15, 0.2) is 0 Å². The Morgan fingerprint density at radius 2 is 1.62 bits per heavy atom. The van der Waals surface area contributed by atoms with E-state index in [2.05, 4.69) is 76.2 Å². The summed E-state index contributed by atoms with van der Waals surface area (Å²) in [4.78, 5) is 4.83. The van der Waals surface area contributed by atoms with Gasteiger partial charge in [-0.2, -0.15) is 0 Å². The summed E-state index contributed by atoms with van der Waals surface area (Å²) in [5.74, 6) is 0. The maximum atomic E-state index is 6.40. The van der Waals surface area contributed by atoms with Crippen LogP contribution in [0.15, 0.2) is 60.8 Å². The smallest absolute Gasteiger partial charge is 0.0880 e. The molecule has 3 aromatic carbocycles. The molecule has 0 aliphatic heterocycles. The van der Waals surface area contributed by atoms with E-state index >= 15 is 0 Å². The van der Waals surface area contributed by atoms with E-state index in [4.69, 9.17) is 16.6 Å². The number of nitrogens with zero attached hydrogens (tertiary/aromatic N) is 1. The van der Waals surface area contributed by atoms with Crippen LogP contribution in [0.25, 0.3) is 42.2 Å². The number of benzene rings is 3. The zero-order chi connectivity index (χ0) is 20.3. The normalized spacial score (nSPS) is 12.3. The molecule has 0 saturated carbocycles. The SMILES string of the molecule is Cc1c(Cl)ccc2c1sc1c(-c3cc(C(C)(C)C)c4ccccc4c3)nccc12. The summed E-state index contributed by atoms with van der Waals surface area (Å²) >= 11 is 8.20. The summed E-state index contributed by atoms with van der Waals surface area (Å²) in [5.41, 5.74) is 4.77. The van der Waals surface area contributed by atoms with Crippen molar-refractivity contribution in [2.45, 2.75) is 33.1 Å². The molecule has 0 atom stereocenters. The number of aryl methyl sites for hydroxylation is 1. The molecule has 144 valence electrons. The molecule has 0 amide bonds. The Hall–Kier alpha value is -2.42. The number of aromatic nitrogens is 1. The Morgan fingerprint density at radius 3 is 2.41 bits per heavy atom. The summed E-state index contributed by atoms with van der Waals surface area (Å²) in [7, 11) is 0.